The summed E-state index contributed by atoms with van der Waals surface area (Å²) < 4.78 is 0. The van der Waals surface area contributed by atoms with E-state index < -0.39 is 0 Å². The molecular weight excluding hydrogens is 361 g/mol. The van der Waals surface area contributed by atoms with Gasteiger partial charge in [-0.1, -0.05) is 17.7 Å². The molecule has 0 radical (unpaired) electrons. The molecule has 0 aliphatic carbocycles. The van der Waals surface area contributed by atoms with Gasteiger partial charge in [0.05, 0.1) is 0 Å². The number of nitrogens with zero attached hydrogens (tertiary/aromatic N) is 1. The van der Waals surface area contributed by atoms with Crippen LogP contribution in [0.2, 0.25) is 0 Å². The average molecular weight is 389 g/mol. The minimum atomic E-state index is -0.0384. The summed E-state index contributed by atoms with van der Waals surface area (Å²) in [6.07, 6.45) is 0.935. The molecule has 114 valence electrons. The lowest BCUT2D eigenvalue weighted by atomic mass is 9.97. The maximum atomic E-state index is 5.86. The molecule has 0 unspecified atom stereocenters. The number of aliphatic imine (C=N–C) groups is 1. The SMILES string of the molecule is Cc1cc(C)c(CCN=C(N)NC(C)(C)C)c(C)c1.I. The third-order valence-electron chi connectivity index (χ3n) is 2.99. The van der Waals surface area contributed by atoms with Crippen LogP contribution in [-0.2, 0) is 6.42 Å². The van der Waals surface area contributed by atoms with Crippen LogP contribution < -0.4 is 11.1 Å². The molecule has 0 amide bonds. The first-order chi connectivity index (χ1) is 8.69. The van der Waals surface area contributed by atoms with E-state index in [0.717, 1.165) is 13.0 Å². The van der Waals surface area contributed by atoms with Crippen molar-refractivity contribution < 1.29 is 0 Å². The molecule has 1 aromatic rings. The van der Waals surface area contributed by atoms with Gasteiger partial charge < -0.3 is 11.1 Å². The Morgan fingerprint density at radius 1 is 1.15 bits per heavy atom. The molecule has 0 fully saturated rings. The van der Waals surface area contributed by atoms with E-state index in [0.29, 0.717) is 5.96 Å². The number of nitrogens with one attached hydrogen (secondary N) is 1. The summed E-state index contributed by atoms with van der Waals surface area (Å²) in [5, 5.41) is 3.17. The van der Waals surface area contributed by atoms with Gasteiger partial charge in [-0.25, -0.2) is 0 Å². The van der Waals surface area contributed by atoms with E-state index >= 15 is 0 Å². The van der Waals surface area contributed by atoms with Crippen LogP contribution in [0, 0.1) is 20.8 Å². The normalized spacial score (nSPS) is 12.0. The second-order valence-electron chi connectivity index (χ2n) is 6.27. The summed E-state index contributed by atoms with van der Waals surface area (Å²) in [5.41, 5.74) is 11.2. The fourth-order valence-corrected chi connectivity index (χ4v) is 2.32. The minimum Gasteiger partial charge on any atom is -0.370 e. The van der Waals surface area contributed by atoms with Gasteiger partial charge in [0.1, 0.15) is 0 Å². The topological polar surface area (TPSA) is 50.4 Å². The smallest absolute Gasteiger partial charge is 0.188 e. The summed E-state index contributed by atoms with van der Waals surface area (Å²) in [4.78, 5) is 4.39. The van der Waals surface area contributed by atoms with Gasteiger partial charge in [0, 0.05) is 12.1 Å². The van der Waals surface area contributed by atoms with Crippen LogP contribution in [0.3, 0.4) is 0 Å². The highest BCUT2D eigenvalue weighted by molar-refractivity contribution is 14.0. The first-order valence-corrected chi connectivity index (χ1v) is 6.84. The highest BCUT2D eigenvalue weighted by atomic mass is 127. The van der Waals surface area contributed by atoms with Crippen LogP contribution in [0.4, 0.5) is 0 Å². The molecule has 20 heavy (non-hydrogen) atoms. The van der Waals surface area contributed by atoms with Crippen molar-refractivity contribution in [1.82, 2.24) is 5.32 Å². The van der Waals surface area contributed by atoms with Crippen molar-refractivity contribution in [1.29, 1.82) is 0 Å². The van der Waals surface area contributed by atoms with E-state index in [2.05, 4.69) is 64.0 Å². The Bertz CT molecular complexity index is 450. The Balaban J connectivity index is 0.00000361. The van der Waals surface area contributed by atoms with Crippen molar-refractivity contribution in [3.05, 3.63) is 34.4 Å². The molecule has 0 saturated carbocycles. The lowest BCUT2D eigenvalue weighted by Crippen LogP contribution is -2.45. The molecule has 1 aromatic carbocycles. The summed E-state index contributed by atoms with van der Waals surface area (Å²) in [7, 11) is 0. The molecule has 0 aliphatic heterocycles. The largest absolute Gasteiger partial charge is 0.370 e. The molecule has 0 spiro atoms. The minimum absolute atomic E-state index is 0. The van der Waals surface area contributed by atoms with Crippen LogP contribution in [0.1, 0.15) is 43.0 Å². The third-order valence-corrected chi connectivity index (χ3v) is 2.99. The maximum Gasteiger partial charge on any atom is 0.188 e. The van der Waals surface area contributed by atoms with Gasteiger partial charge in [0.15, 0.2) is 5.96 Å². The highest BCUT2D eigenvalue weighted by Crippen LogP contribution is 2.16. The van der Waals surface area contributed by atoms with Crippen LogP contribution in [0.15, 0.2) is 17.1 Å². The number of halogens is 1. The number of nitrogens with two attached hydrogens (primary N) is 1. The zero-order valence-electron chi connectivity index (χ0n) is 13.5. The lowest BCUT2D eigenvalue weighted by Gasteiger charge is -2.21. The van der Waals surface area contributed by atoms with E-state index in [9.17, 15) is 0 Å². The molecule has 0 bridgehead atoms. The molecule has 4 heteroatoms. The molecule has 3 N–H and O–H groups in total. The van der Waals surface area contributed by atoms with Crippen molar-refractivity contribution in [3.63, 3.8) is 0 Å². The Hall–Kier alpha value is -0.780. The van der Waals surface area contributed by atoms with Crippen molar-refractivity contribution in [3.8, 4) is 0 Å². The van der Waals surface area contributed by atoms with E-state index in [1.165, 1.54) is 22.3 Å². The van der Waals surface area contributed by atoms with Gasteiger partial charge in [-0.15, -0.1) is 24.0 Å². The quantitative estimate of drug-likeness (QED) is 0.473. The highest BCUT2D eigenvalue weighted by Gasteiger charge is 2.09. The van der Waals surface area contributed by atoms with Crippen LogP contribution in [0.5, 0.6) is 0 Å². The Labute approximate surface area is 140 Å². The molecule has 0 heterocycles. The number of benzene rings is 1. The zero-order chi connectivity index (χ0) is 14.6. The predicted molar refractivity (Wildman–Crippen MR) is 99.2 cm³/mol. The fourth-order valence-electron chi connectivity index (χ4n) is 2.32. The second-order valence-corrected chi connectivity index (χ2v) is 6.27. The molecule has 3 nitrogen and oxygen atoms in total. The van der Waals surface area contributed by atoms with E-state index in [4.69, 9.17) is 5.73 Å². The first-order valence-electron chi connectivity index (χ1n) is 6.84. The fraction of sp³-hybridized carbons (Fsp3) is 0.562. The Morgan fingerprint density at radius 3 is 2.10 bits per heavy atom. The van der Waals surface area contributed by atoms with Crippen LogP contribution in [-0.4, -0.2) is 18.0 Å². The standard InChI is InChI=1S/C16H27N3.HI/c1-11-9-12(2)14(13(3)10-11)7-8-18-15(17)19-16(4,5)6;/h9-10H,7-8H2,1-6H3,(H3,17,18,19);1H. The monoisotopic (exact) mass is 389 g/mol. The van der Waals surface area contributed by atoms with Crippen molar-refractivity contribution in [2.45, 2.75) is 53.5 Å². The van der Waals surface area contributed by atoms with Gasteiger partial charge in [0.25, 0.3) is 0 Å². The van der Waals surface area contributed by atoms with E-state index in [-0.39, 0.29) is 29.5 Å². The van der Waals surface area contributed by atoms with Gasteiger partial charge in [-0.05, 0) is 64.7 Å². The van der Waals surface area contributed by atoms with Gasteiger partial charge >= 0.3 is 0 Å². The maximum absolute atomic E-state index is 5.86. The third kappa shape index (κ3) is 6.59. The number of hydrogen-bond acceptors (Lipinski definition) is 1. The van der Waals surface area contributed by atoms with Gasteiger partial charge in [-0.2, -0.15) is 0 Å². The summed E-state index contributed by atoms with van der Waals surface area (Å²) in [5.74, 6) is 0.523. The summed E-state index contributed by atoms with van der Waals surface area (Å²) >= 11 is 0. The molecule has 0 atom stereocenters. The zero-order valence-corrected chi connectivity index (χ0v) is 15.8. The number of guanidine groups is 1. The van der Waals surface area contributed by atoms with Crippen LogP contribution >= 0.6 is 24.0 Å². The van der Waals surface area contributed by atoms with E-state index in [1.807, 2.05) is 0 Å². The van der Waals surface area contributed by atoms with E-state index in [1.54, 1.807) is 0 Å². The van der Waals surface area contributed by atoms with Crippen molar-refractivity contribution in [2.24, 2.45) is 10.7 Å². The second kappa shape index (κ2) is 7.86. The summed E-state index contributed by atoms with van der Waals surface area (Å²) in [6, 6.07) is 4.45. The van der Waals surface area contributed by atoms with Crippen molar-refractivity contribution >= 4 is 29.9 Å². The molecule has 1 rings (SSSR count). The van der Waals surface area contributed by atoms with Crippen molar-refractivity contribution in [2.75, 3.05) is 6.54 Å². The first kappa shape index (κ1) is 19.2. The predicted octanol–water partition coefficient (Wildman–Crippen LogP) is 3.48. The molecular formula is C16H28IN3. The molecule has 0 aromatic heterocycles. The number of hydrogen-bond donors (Lipinski definition) is 2. The average Bonchev–Trinajstić information content (AvgIpc) is 2.19. The van der Waals surface area contributed by atoms with Gasteiger partial charge in [-0.3, -0.25) is 4.99 Å². The Morgan fingerprint density at radius 2 is 1.65 bits per heavy atom. The Kier molecular flexibility index (Phi) is 7.55. The number of aryl methyl sites for hydroxylation is 3. The number of rotatable bonds is 3. The molecule has 0 saturated heterocycles. The lowest BCUT2D eigenvalue weighted by molar-refractivity contribution is 0.508. The summed E-state index contributed by atoms with van der Waals surface area (Å²) in [6.45, 7) is 13.4. The molecule has 0 aliphatic rings. The van der Waals surface area contributed by atoms with Gasteiger partial charge in [0.2, 0.25) is 0 Å². The van der Waals surface area contributed by atoms with Crippen LogP contribution in [0.25, 0.3) is 0 Å².